The Morgan fingerprint density at radius 3 is 2.57 bits per heavy atom. The maximum absolute atomic E-state index is 13.8. The molecule has 0 aromatic heterocycles. The molecule has 0 spiro atoms. The van der Waals surface area contributed by atoms with E-state index in [4.69, 9.17) is 4.18 Å². The second kappa shape index (κ2) is 7.20. The number of carbonyl (C=O) groups excluding carboxylic acids is 3. The van der Waals surface area contributed by atoms with E-state index in [1.54, 1.807) is 20.2 Å². The summed E-state index contributed by atoms with van der Waals surface area (Å²) < 4.78 is 46.5. The molecule has 3 amide bonds. The number of likely N-dealkylation sites (tertiary alicyclic amines) is 1. The van der Waals surface area contributed by atoms with Gasteiger partial charge in [-0.2, -0.15) is 8.42 Å². The molecule has 1 aromatic rings. The predicted molar refractivity (Wildman–Crippen MR) is 90.9 cm³/mol. The standard InChI is InChI=1S/C16H18FN3O7S/c1-19(2)12-7-13(21)20(14(12)22)16(9-26-28(24,25)27-16)15(23)18-8-10-5-3-4-6-11(10)17/h3-6,12H,7-9H2,1-2H3,(H,18,23)/t12-,16-/m0/s1. The van der Waals surface area contributed by atoms with E-state index >= 15 is 0 Å². The third kappa shape index (κ3) is 3.51. The lowest BCUT2D eigenvalue weighted by atomic mass is 10.1. The first-order valence-corrected chi connectivity index (χ1v) is 9.56. The highest BCUT2D eigenvalue weighted by Crippen LogP contribution is 2.34. The van der Waals surface area contributed by atoms with Crippen LogP contribution in [0.25, 0.3) is 0 Å². The van der Waals surface area contributed by atoms with E-state index in [0.717, 1.165) is 0 Å². The van der Waals surface area contributed by atoms with Gasteiger partial charge >= 0.3 is 10.4 Å². The SMILES string of the molecule is CN(C)[C@H]1CC(=O)N([C@@]2(C(=O)NCc3ccccc3F)COS(=O)(=O)O2)C1=O. The minimum Gasteiger partial charge on any atom is -0.348 e. The number of likely N-dealkylation sites (N-methyl/N-ethyl adjacent to an activating group) is 1. The number of benzene rings is 1. The zero-order valence-corrected chi connectivity index (χ0v) is 15.9. The summed E-state index contributed by atoms with van der Waals surface area (Å²) in [7, 11) is -1.48. The van der Waals surface area contributed by atoms with E-state index in [9.17, 15) is 27.2 Å². The summed E-state index contributed by atoms with van der Waals surface area (Å²) in [5.74, 6) is -3.28. The fourth-order valence-corrected chi connectivity index (χ4v) is 3.92. The second-order valence-electron chi connectivity index (χ2n) is 6.56. The number of hydrogen-bond donors (Lipinski definition) is 1. The van der Waals surface area contributed by atoms with Gasteiger partial charge < -0.3 is 5.32 Å². The molecule has 28 heavy (non-hydrogen) atoms. The van der Waals surface area contributed by atoms with Crippen LogP contribution in [-0.4, -0.2) is 68.4 Å². The normalized spacial score (nSPS) is 26.9. The molecular weight excluding hydrogens is 397 g/mol. The van der Waals surface area contributed by atoms with Gasteiger partial charge in [0.05, 0.1) is 12.5 Å². The molecule has 12 heteroatoms. The molecule has 3 rings (SSSR count). The number of nitrogens with zero attached hydrogens (tertiary/aromatic N) is 2. The van der Waals surface area contributed by atoms with Crippen molar-refractivity contribution < 1.29 is 35.6 Å². The third-order valence-corrected chi connectivity index (χ3v) is 5.38. The maximum Gasteiger partial charge on any atom is 0.402 e. The maximum atomic E-state index is 13.8. The van der Waals surface area contributed by atoms with E-state index in [2.05, 4.69) is 9.50 Å². The van der Waals surface area contributed by atoms with Crippen LogP contribution in [0.15, 0.2) is 24.3 Å². The summed E-state index contributed by atoms with van der Waals surface area (Å²) in [5, 5.41) is 2.31. The van der Waals surface area contributed by atoms with Crippen LogP contribution in [0.4, 0.5) is 4.39 Å². The molecule has 0 saturated carbocycles. The fourth-order valence-electron chi connectivity index (χ4n) is 3.03. The molecule has 0 aliphatic carbocycles. The van der Waals surface area contributed by atoms with Crippen LogP contribution < -0.4 is 5.32 Å². The van der Waals surface area contributed by atoms with Gasteiger partial charge in [0.2, 0.25) is 11.8 Å². The fraction of sp³-hybridized carbons (Fsp3) is 0.438. The van der Waals surface area contributed by atoms with Crippen LogP contribution in [0.2, 0.25) is 0 Å². The molecule has 2 atom stereocenters. The number of rotatable bonds is 5. The van der Waals surface area contributed by atoms with E-state index in [0.29, 0.717) is 4.90 Å². The summed E-state index contributed by atoms with van der Waals surface area (Å²) in [6.07, 6.45) is -0.252. The molecule has 2 heterocycles. The van der Waals surface area contributed by atoms with Crippen molar-refractivity contribution >= 4 is 28.1 Å². The highest BCUT2D eigenvalue weighted by atomic mass is 32.3. The zero-order chi connectivity index (χ0) is 20.7. The molecular formula is C16H18FN3O7S. The quantitative estimate of drug-likeness (QED) is 0.615. The predicted octanol–water partition coefficient (Wildman–Crippen LogP) is -0.881. The summed E-state index contributed by atoms with van der Waals surface area (Å²) in [6.45, 7) is -1.21. The van der Waals surface area contributed by atoms with Gasteiger partial charge in [0.25, 0.3) is 11.6 Å². The van der Waals surface area contributed by atoms with Crippen molar-refractivity contribution in [3.05, 3.63) is 35.6 Å². The average molecular weight is 415 g/mol. The van der Waals surface area contributed by atoms with E-state index in [1.807, 2.05) is 0 Å². The third-order valence-electron chi connectivity index (χ3n) is 4.50. The minimum atomic E-state index is -4.61. The van der Waals surface area contributed by atoms with Gasteiger partial charge in [-0.1, -0.05) is 18.2 Å². The van der Waals surface area contributed by atoms with Gasteiger partial charge in [-0.15, -0.1) is 0 Å². The van der Waals surface area contributed by atoms with Gasteiger partial charge in [0, 0.05) is 12.1 Å². The molecule has 1 aromatic carbocycles. The van der Waals surface area contributed by atoms with Gasteiger partial charge in [-0.25, -0.2) is 17.7 Å². The van der Waals surface area contributed by atoms with Crippen molar-refractivity contribution in [3.8, 4) is 0 Å². The first kappa shape index (κ1) is 20.3. The Balaban J connectivity index is 1.91. The first-order chi connectivity index (χ1) is 13.1. The lowest BCUT2D eigenvalue weighted by Gasteiger charge is -2.32. The monoisotopic (exact) mass is 415 g/mol. The van der Waals surface area contributed by atoms with E-state index in [1.165, 1.54) is 23.1 Å². The summed E-state index contributed by atoms with van der Waals surface area (Å²) in [5.41, 5.74) is -2.40. The number of hydrogen-bond acceptors (Lipinski definition) is 8. The van der Waals surface area contributed by atoms with Crippen LogP contribution in [0.5, 0.6) is 0 Å². The van der Waals surface area contributed by atoms with Crippen LogP contribution in [0.1, 0.15) is 12.0 Å². The molecule has 2 saturated heterocycles. The number of amides is 3. The minimum absolute atomic E-state index is 0.123. The molecule has 152 valence electrons. The topological polar surface area (TPSA) is 122 Å². The number of carbonyl (C=O) groups is 3. The highest BCUT2D eigenvalue weighted by molar-refractivity contribution is 7.82. The first-order valence-electron chi connectivity index (χ1n) is 8.22. The average Bonchev–Trinajstić information content (AvgIpc) is 3.10. The Morgan fingerprint density at radius 2 is 2.04 bits per heavy atom. The van der Waals surface area contributed by atoms with Crippen LogP contribution >= 0.6 is 0 Å². The van der Waals surface area contributed by atoms with Crippen LogP contribution in [0, 0.1) is 5.82 Å². The zero-order valence-electron chi connectivity index (χ0n) is 15.0. The molecule has 0 bridgehead atoms. The Hall–Kier alpha value is -2.41. The van der Waals surface area contributed by atoms with Gasteiger partial charge in [-0.3, -0.25) is 19.3 Å². The molecule has 10 nitrogen and oxygen atoms in total. The summed E-state index contributed by atoms with van der Waals surface area (Å²) in [6, 6.07) is 4.74. The highest BCUT2D eigenvalue weighted by Gasteiger charge is 2.62. The molecule has 0 radical (unpaired) electrons. The van der Waals surface area contributed by atoms with E-state index < -0.39 is 52.3 Å². The smallest absolute Gasteiger partial charge is 0.348 e. The number of nitrogens with one attached hydrogen (secondary N) is 1. The van der Waals surface area contributed by atoms with Crippen molar-refractivity contribution in [2.75, 3.05) is 20.7 Å². The van der Waals surface area contributed by atoms with Gasteiger partial charge in [-0.05, 0) is 20.2 Å². The van der Waals surface area contributed by atoms with E-state index in [-0.39, 0.29) is 18.5 Å². The van der Waals surface area contributed by atoms with Gasteiger partial charge in [0.15, 0.2) is 0 Å². The number of imide groups is 1. The molecule has 2 aliphatic heterocycles. The van der Waals surface area contributed by atoms with Crippen LogP contribution in [0.3, 0.4) is 0 Å². The number of halogens is 1. The molecule has 2 aliphatic rings. The van der Waals surface area contributed by atoms with Crippen molar-refractivity contribution in [2.45, 2.75) is 24.7 Å². The lowest BCUT2D eigenvalue weighted by molar-refractivity contribution is -0.170. The van der Waals surface area contributed by atoms with Crippen molar-refractivity contribution in [1.82, 2.24) is 15.1 Å². The van der Waals surface area contributed by atoms with Gasteiger partial charge in [0.1, 0.15) is 12.4 Å². The Kier molecular flexibility index (Phi) is 5.23. The van der Waals surface area contributed by atoms with Crippen molar-refractivity contribution in [1.29, 1.82) is 0 Å². The molecule has 1 N–H and O–H groups in total. The Labute approximate surface area is 160 Å². The Morgan fingerprint density at radius 1 is 1.36 bits per heavy atom. The van der Waals surface area contributed by atoms with Crippen LogP contribution in [-0.2, 0) is 39.7 Å². The summed E-state index contributed by atoms with van der Waals surface area (Å²) >= 11 is 0. The second-order valence-corrected chi connectivity index (χ2v) is 7.78. The molecule has 2 fully saturated rings. The molecule has 0 unspecified atom stereocenters. The lowest BCUT2D eigenvalue weighted by Crippen LogP contribution is -2.63. The summed E-state index contributed by atoms with van der Waals surface area (Å²) in [4.78, 5) is 39.9. The Bertz CT molecular complexity index is 936. The largest absolute Gasteiger partial charge is 0.402 e. The van der Waals surface area contributed by atoms with Crippen molar-refractivity contribution in [3.63, 3.8) is 0 Å². The van der Waals surface area contributed by atoms with Crippen molar-refractivity contribution in [2.24, 2.45) is 0 Å².